The van der Waals surface area contributed by atoms with Crippen LogP contribution in [0.2, 0.25) is 10.0 Å². The van der Waals surface area contributed by atoms with Gasteiger partial charge in [-0.25, -0.2) is 13.2 Å². The summed E-state index contributed by atoms with van der Waals surface area (Å²) in [4.78, 5) is 11.3. The summed E-state index contributed by atoms with van der Waals surface area (Å²) in [6.07, 6.45) is 1.21. The Morgan fingerprint density at radius 2 is 1.81 bits per heavy atom. The molecule has 0 aliphatic carbocycles. The quantitative estimate of drug-likeness (QED) is 0.610. The van der Waals surface area contributed by atoms with Gasteiger partial charge in [-0.1, -0.05) is 23.2 Å². The van der Waals surface area contributed by atoms with E-state index in [9.17, 15) is 23.4 Å². The number of aromatic hydroxyl groups is 1. The van der Waals surface area contributed by atoms with Crippen molar-refractivity contribution in [3.8, 4) is 5.75 Å². The van der Waals surface area contributed by atoms with E-state index in [0.29, 0.717) is 11.3 Å². The molecule has 3 rings (SSSR count). The number of carbonyl (C=O) groups is 1. The Kier molecular flexibility index (Phi) is 4.85. The summed E-state index contributed by atoms with van der Waals surface area (Å²) >= 11 is 12.1. The van der Waals surface area contributed by atoms with E-state index in [4.69, 9.17) is 23.2 Å². The largest absolute Gasteiger partial charge is 0.508 e. The van der Waals surface area contributed by atoms with Crippen molar-refractivity contribution in [1.29, 1.82) is 0 Å². The maximum Gasteiger partial charge on any atom is 0.352 e. The number of phenols is 1. The van der Waals surface area contributed by atoms with Crippen molar-refractivity contribution < 1.29 is 23.4 Å². The van der Waals surface area contributed by atoms with Crippen LogP contribution in [0.1, 0.15) is 11.6 Å². The minimum Gasteiger partial charge on any atom is -0.508 e. The lowest BCUT2D eigenvalue weighted by Crippen LogP contribution is -2.31. The number of sulfonamides is 1. The number of nitrogens with one attached hydrogen (secondary N) is 2. The Bertz CT molecular complexity index is 1020. The van der Waals surface area contributed by atoms with E-state index in [1.807, 2.05) is 0 Å². The van der Waals surface area contributed by atoms with Crippen LogP contribution in [-0.2, 0) is 14.8 Å². The molecule has 4 N–H and O–H groups in total. The Labute approximate surface area is 158 Å². The molecule has 7 nitrogen and oxygen atoms in total. The minimum atomic E-state index is -4.01. The van der Waals surface area contributed by atoms with Crippen molar-refractivity contribution in [3.05, 3.63) is 63.8 Å². The maximum absolute atomic E-state index is 12.6. The highest BCUT2D eigenvalue weighted by Gasteiger charge is 2.29. The van der Waals surface area contributed by atoms with Crippen molar-refractivity contribution in [2.24, 2.45) is 0 Å². The fourth-order valence-electron chi connectivity index (χ4n) is 2.52. The first-order valence-electron chi connectivity index (χ1n) is 7.20. The Hall–Kier alpha value is -2.26. The summed E-state index contributed by atoms with van der Waals surface area (Å²) in [6, 6.07) is 6.79. The lowest BCUT2D eigenvalue weighted by molar-refractivity contribution is -0.132. The summed E-state index contributed by atoms with van der Waals surface area (Å²) in [5.74, 6) is -1.34. The fraction of sp³-hybridized carbons (Fsp3) is 0.0625. The summed E-state index contributed by atoms with van der Waals surface area (Å²) < 4.78 is 27.7. The first-order valence-corrected chi connectivity index (χ1v) is 9.44. The van der Waals surface area contributed by atoms with Crippen LogP contribution in [0.5, 0.6) is 5.75 Å². The second kappa shape index (κ2) is 6.81. The molecule has 1 aliphatic rings. The van der Waals surface area contributed by atoms with Gasteiger partial charge in [-0.05, 0) is 42.5 Å². The third kappa shape index (κ3) is 3.63. The van der Waals surface area contributed by atoms with Gasteiger partial charge < -0.3 is 15.5 Å². The second-order valence-electron chi connectivity index (χ2n) is 5.45. The average molecular weight is 415 g/mol. The zero-order valence-corrected chi connectivity index (χ0v) is 15.2. The monoisotopic (exact) mass is 414 g/mol. The lowest BCUT2D eigenvalue weighted by Gasteiger charge is -2.26. The van der Waals surface area contributed by atoms with Gasteiger partial charge in [0.25, 0.3) is 0 Å². The smallest absolute Gasteiger partial charge is 0.352 e. The number of rotatable bonds is 4. The topological polar surface area (TPSA) is 116 Å². The van der Waals surface area contributed by atoms with E-state index in [-0.39, 0.29) is 26.4 Å². The number of carboxylic acid groups (broad SMARTS) is 1. The zero-order chi connectivity index (χ0) is 19.1. The number of halogens is 2. The molecular formula is C16H12Cl2N2O5S. The molecule has 2 aromatic rings. The van der Waals surface area contributed by atoms with Crippen molar-refractivity contribution >= 4 is 44.9 Å². The molecule has 0 spiro atoms. The molecule has 1 unspecified atom stereocenters. The molecule has 1 atom stereocenters. The molecule has 1 heterocycles. The number of hydrogen-bond donors (Lipinski definition) is 4. The van der Waals surface area contributed by atoms with Crippen LogP contribution in [0.4, 0.5) is 5.69 Å². The van der Waals surface area contributed by atoms with E-state index in [1.54, 1.807) is 0 Å². The number of hydrogen-bond acceptors (Lipinski definition) is 5. The maximum atomic E-state index is 12.6. The van der Waals surface area contributed by atoms with Crippen molar-refractivity contribution in [3.63, 3.8) is 0 Å². The van der Waals surface area contributed by atoms with Gasteiger partial charge in [0.2, 0.25) is 10.0 Å². The molecule has 2 aromatic carbocycles. The highest BCUT2D eigenvalue weighted by Crippen LogP contribution is 2.39. The fourth-order valence-corrected chi connectivity index (χ4v) is 4.28. The average Bonchev–Trinajstić information content (AvgIpc) is 2.53. The van der Waals surface area contributed by atoms with Gasteiger partial charge in [0, 0.05) is 21.3 Å². The van der Waals surface area contributed by atoms with Gasteiger partial charge in [0.05, 0.1) is 10.9 Å². The van der Waals surface area contributed by atoms with Gasteiger partial charge >= 0.3 is 5.97 Å². The van der Waals surface area contributed by atoms with E-state index in [0.717, 1.165) is 0 Å². The number of anilines is 1. The number of fused-ring (bicyclic) bond motifs is 1. The first-order chi connectivity index (χ1) is 12.2. The molecule has 0 radical (unpaired) electrons. The van der Waals surface area contributed by atoms with Crippen LogP contribution in [0, 0.1) is 0 Å². The van der Waals surface area contributed by atoms with Crippen molar-refractivity contribution in [1.82, 2.24) is 4.72 Å². The summed E-state index contributed by atoms with van der Waals surface area (Å²) in [6.45, 7) is 0. The van der Waals surface area contributed by atoms with Crippen LogP contribution < -0.4 is 10.0 Å². The highest BCUT2D eigenvalue weighted by atomic mass is 35.5. The van der Waals surface area contributed by atoms with E-state index in [1.165, 1.54) is 42.5 Å². The Balaban J connectivity index is 2.06. The van der Waals surface area contributed by atoms with Gasteiger partial charge in [-0.2, -0.15) is 4.72 Å². The van der Waals surface area contributed by atoms with Gasteiger partial charge in [-0.15, -0.1) is 0 Å². The molecule has 136 valence electrons. The minimum absolute atomic E-state index is 0.0816. The SMILES string of the molecule is O=C(O)C1=CC(NS(=O)(=O)c2ccc(O)cc2)c2c(Cl)cc(Cl)cc2N1. The number of phenolic OH excluding ortho intramolecular Hbond substituents is 1. The Morgan fingerprint density at radius 1 is 1.15 bits per heavy atom. The molecule has 0 amide bonds. The summed E-state index contributed by atoms with van der Waals surface area (Å²) in [5.41, 5.74) is 0.429. The van der Waals surface area contributed by atoms with Gasteiger partial charge in [0.1, 0.15) is 11.4 Å². The van der Waals surface area contributed by atoms with Crippen molar-refractivity contribution in [2.75, 3.05) is 5.32 Å². The molecule has 0 bridgehead atoms. The molecule has 0 aromatic heterocycles. The molecule has 26 heavy (non-hydrogen) atoms. The molecule has 0 saturated carbocycles. The second-order valence-corrected chi connectivity index (χ2v) is 8.01. The van der Waals surface area contributed by atoms with Crippen LogP contribution in [0.25, 0.3) is 0 Å². The number of benzene rings is 2. The number of aliphatic carboxylic acids is 1. The predicted molar refractivity (Wildman–Crippen MR) is 97.0 cm³/mol. The van der Waals surface area contributed by atoms with Gasteiger partial charge in [-0.3, -0.25) is 0 Å². The predicted octanol–water partition coefficient (Wildman–Crippen LogP) is 3.11. The molecule has 0 fully saturated rings. The molecule has 0 saturated heterocycles. The highest BCUT2D eigenvalue weighted by molar-refractivity contribution is 7.89. The third-order valence-electron chi connectivity index (χ3n) is 3.67. The summed E-state index contributed by atoms with van der Waals surface area (Å²) in [7, 11) is -4.01. The first kappa shape index (κ1) is 18.5. The van der Waals surface area contributed by atoms with Gasteiger partial charge in [0.15, 0.2) is 0 Å². The van der Waals surface area contributed by atoms with E-state index < -0.39 is 22.0 Å². The molecule has 10 heteroatoms. The lowest BCUT2D eigenvalue weighted by atomic mass is 10.0. The Morgan fingerprint density at radius 3 is 2.42 bits per heavy atom. The third-order valence-corrected chi connectivity index (χ3v) is 5.66. The summed E-state index contributed by atoms with van der Waals surface area (Å²) in [5, 5.41) is 21.7. The van der Waals surface area contributed by atoms with Crippen molar-refractivity contribution in [2.45, 2.75) is 10.9 Å². The zero-order valence-electron chi connectivity index (χ0n) is 12.9. The van der Waals surface area contributed by atoms with E-state index >= 15 is 0 Å². The normalized spacial score (nSPS) is 16.4. The van der Waals surface area contributed by atoms with Crippen LogP contribution in [-0.4, -0.2) is 24.6 Å². The van der Waals surface area contributed by atoms with Crippen LogP contribution >= 0.6 is 23.2 Å². The van der Waals surface area contributed by atoms with E-state index in [2.05, 4.69) is 10.0 Å². The molecular weight excluding hydrogens is 403 g/mol. The van der Waals surface area contributed by atoms with Crippen LogP contribution in [0.3, 0.4) is 0 Å². The standard InChI is InChI=1S/C16H12Cl2N2O5S/c17-8-5-11(18)15-12(6-8)19-14(16(22)23)7-13(15)20-26(24,25)10-3-1-9(21)2-4-10/h1-7,13,19-21H,(H,22,23). The molecule has 1 aliphatic heterocycles. The number of carboxylic acids is 1. The van der Waals surface area contributed by atoms with Crippen LogP contribution in [0.15, 0.2) is 53.1 Å².